The Bertz CT molecular complexity index is 616. The van der Waals surface area contributed by atoms with E-state index < -0.39 is 0 Å². The third-order valence-corrected chi connectivity index (χ3v) is 3.95. The van der Waals surface area contributed by atoms with E-state index in [1.54, 1.807) is 0 Å². The second kappa shape index (κ2) is 3.99. The lowest BCUT2D eigenvalue weighted by Crippen LogP contribution is -2.30. The van der Waals surface area contributed by atoms with Gasteiger partial charge < -0.3 is 4.98 Å². The van der Waals surface area contributed by atoms with Crippen LogP contribution in [0.1, 0.15) is 19.0 Å². The number of nitrogens with one attached hydrogen (secondary N) is 1. The average Bonchev–Trinajstić information content (AvgIpc) is 2.81. The van der Waals surface area contributed by atoms with Crippen LogP contribution in [-0.2, 0) is 0 Å². The predicted octanol–water partition coefficient (Wildman–Crippen LogP) is 2.32. The molecular formula is C12H14BrN3O. The van der Waals surface area contributed by atoms with Crippen LogP contribution in [0.5, 0.6) is 0 Å². The smallest absolute Gasteiger partial charge is 0.305 e. The van der Waals surface area contributed by atoms with Crippen LogP contribution in [0.25, 0.3) is 11.0 Å². The molecule has 1 fully saturated rings. The first kappa shape index (κ1) is 11.0. The number of benzene rings is 1. The lowest BCUT2D eigenvalue weighted by Gasteiger charge is -2.20. The number of aromatic amines is 1. The minimum atomic E-state index is -0.0168. The molecule has 1 aliphatic heterocycles. The van der Waals surface area contributed by atoms with Crippen molar-refractivity contribution in [2.24, 2.45) is 0 Å². The summed E-state index contributed by atoms with van der Waals surface area (Å²) in [6.07, 6.45) is 2.37. The molecule has 1 N–H and O–H groups in total. The maximum Gasteiger partial charge on any atom is 0.327 e. The normalized spacial score (nSPS) is 21.4. The average molecular weight is 296 g/mol. The van der Waals surface area contributed by atoms with Crippen LogP contribution in [0.4, 0.5) is 0 Å². The molecule has 1 atom stereocenters. The molecule has 3 rings (SSSR count). The number of fused-ring (bicyclic) bond motifs is 1. The summed E-state index contributed by atoms with van der Waals surface area (Å²) in [7, 11) is 2.07. The molecule has 2 aromatic rings. The van der Waals surface area contributed by atoms with Crippen molar-refractivity contribution in [2.45, 2.75) is 19.0 Å². The minimum absolute atomic E-state index is 0.0168. The molecule has 5 heteroatoms. The number of rotatable bonds is 1. The van der Waals surface area contributed by atoms with Gasteiger partial charge in [0.2, 0.25) is 0 Å². The van der Waals surface area contributed by atoms with Crippen molar-refractivity contribution in [3.8, 4) is 0 Å². The van der Waals surface area contributed by atoms with Crippen molar-refractivity contribution in [3.05, 3.63) is 33.2 Å². The Morgan fingerprint density at radius 3 is 3.00 bits per heavy atom. The van der Waals surface area contributed by atoms with E-state index in [4.69, 9.17) is 0 Å². The molecule has 1 unspecified atom stereocenters. The van der Waals surface area contributed by atoms with Gasteiger partial charge in [-0.3, -0.25) is 9.47 Å². The molecule has 17 heavy (non-hydrogen) atoms. The molecule has 2 heterocycles. The van der Waals surface area contributed by atoms with Gasteiger partial charge in [0.15, 0.2) is 0 Å². The Kier molecular flexibility index (Phi) is 2.60. The monoisotopic (exact) mass is 295 g/mol. The first-order valence-electron chi connectivity index (χ1n) is 5.77. The molecule has 4 nitrogen and oxygen atoms in total. The highest BCUT2D eigenvalue weighted by Crippen LogP contribution is 2.27. The van der Waals surface area contributed by atoms with E-state index in [2.05, 4.69) is 32.9 Å². The number of H-pyrrole nitrogens is 1. The summed E-state index contributed by atoms with van der Waals surface area (Å²) < 4.78 is 2.87. The van der Waals surface area contributed by atoms with Gasteiger partial charge in [-0.15, -0.1) is 0 Å². The molecule has 0 aliphatic carbocycles. The van der Waals surface area contributed by atoms with Crippen LogP contribution in [0.15, 0.2) is 27.5 Å². The lowest BCUT2D eigenvalue weighted by atomic mass is 10.3. The van der Waals surface area contributed by atoms with Gasteiger partial charge in [0.25, 0.3) is 0 Å². The first-order chi connectivity index (χ1) is 8.16. The first-order valence-corrected chi connectivity index (χ1v) is 6.56. The van der Waals surface area contributed by atoms with Crippen molar-refractivity contribution < 1.29 is 0 Å². The van der Waals surface area contributed by atoms with E-state index in [9.17, 15) is 4.79 Å². The van der Waals surface area contributed by atoms with Crippen molar-refractivity contribution >= 4 is 27.0 Å². The van der Waals surface area contributed by atoms with Crippen LogP contribution in [0.3, 0.4) is 0 Å². The van der Waals surface area contributed by atoms with Crippen molar-refractivity contribution in [1.29, 1.82) is 0 Å². The highest BCUT2D eigenvalue weighted by molar-refractivity contribution is 9.10. The Balaban J connectivity index is 2.24. The zero-order valence-corrected chi connectivity index (χ0v) is 11.2. The largest absolute Gasteiger partial charge is 0.327 e. The van der Waals surface area contributed by atoms with Gasteiger partial charge in [-0.1, -0.05) is 15.9 Å². The molecule has 1 aromatic heterocycles. The zero-order chi connectivity index (χ0) is 12.0. The summed E-state index contributed by atoms with van der Waals surface area (Å²) in [6, 6.07) is 5.88. The van der Waals surface area contributed by atoms with E-state index in [0.717, 1.165) is 34.9 Å². The molecule has 1 aliphatic rings. The predicted molar refractivity (Wildman–Crippen MR) is 71.2 cm³/mol. The number of hydrogen-bond donors (Lipinski definition) is 1. The molecule has 0 saturated carbocycles. The van der Waals surface area contributed by atoms with Crippen molar-refractivity contribution in [1.82, 2.24) is 14.5 Å². The lowest BCUT2D eigenvalue weighted by molar-refractivity contribution is 0.238. The fourth-order valence-electron chi connectivity index (χ4n) is 2.61. The molecule has 0 spiro atoms. The zero-order valence-electron chi connectivity index (χ0n) is 9.61. The van der Waals surface area contributed by atoms with E-state index in [-0.39, 0.29) is 11.9 Å². The summed E-state index contributed by atoms with van der Waals surface area (Å²) in [4.78, 5) is 17.2. The second-order valence-electron chi connectivity index (χ2n) is 4.57. The van der Waals surface area contributed by atoms with E-state index in [1.165, 1.54) is 0 Å². The van der Waals surface area contributed by atoms with Crippen LogP contribution < -0.4 is 5.69 Å². The molecule has 0 amide bonds. The molecule has 0 bridgehead atoms. The SMILES string of the molecule is CN1CCCC1n1c(=O)[nH]c2ccc(Br)cc21. The van der Waals surface area contributed by atoms with Crippen LogP contribution in [0, 0.1) is 0 Å². The number of imidazole rings is 1. The summed E-state index contributed by atoms with van der Waals surface area (Å²) in [6.45, 7) is 1.05. The van der Waals surface area contributed by atoms with Gasteiger partial charge in [-0.05, 0) is 44.6 Å². The van der Waals surface area contributed by atoms with E-state index in [0.29, 0.717) is 0 Å². The molecule has 90 valence electrons. The molecular weight excluding hydrogens is 282 g/mol. The van der Waals surface area contributed by atoms with Gasteiger partial charge in [0.1, 0.15) is 0 Å². The van der Waals surface area contributed by atoms with Crippen LogP contribution in [0.2, 0.25) is 0 Å². The number of aromatic nitrogens is 2. The van der Waals surface area contributed by atoms with Gasteiger partial charge >= 0.3 is 5.69 Å². The Morgan fingerprint density at radius 1 is 1.47 bits per heavy atom. The standard InChI is InChI=1S/C12H14BrN3O/c1-15-6-2-3-11(15)16-10-7-8(13)4-5-9(10)14-12(16)17/h4-5,7,11H,2-3,6H2,1H3,(H,14,17). The quantitative estimate of drug-likeness (QED) is 0.877. The van der Waals surface area contributed by atoms with Crippen molar-refractivity contribution in [3.63, 3.8) is 0 Å². The van der Waals surface area contributed by atoms with E-state index >= 15 is 0 Å². The second-order valence-corrected chi connectivity index (χ2v) is 5.48. The fraction of sp³-hybridized carbons (Fsp3) is 0.417. The molecule has 0 radical (unpaired) electrons. The summed E-state index contributed by atoms with van der Waals surface area (Å²) >= 11 is 3.46. The fourth-order valence-corrected chi connectivity index (χ4v) is 2.96. The van der Waals surface area contributed by atoms with Gasteiger partial charge in [-0.25, -0.2) is 4.79 Å². The minimum Gasteiger partial charge on any atom is -0.305 e. The summed E-state index contributed by atoms with van der Waals surface area (Å²) in [5.41, 5.74) is 1.86. The van der Waals surface area contributed by atoms with Crippen molar-refractivity contribution in [2.75, 3.05) is 13.6 Å². The maximum absolute atomic E-state index is 12.0. The maximum atomic E-state index is 12.0. The van der Waals surface area contributed by atoms with Crippen LogP contribution >= 0.6 is 15.9 Å². The Hall–Kier alpha value is -1.07. The third-order valence-electron chi connectivity index (χ3n) is 3.46. The third kappa shape index (κ3) is 1.73. The number of nitrogens with zero attached hydrogens (tertiary/aromatic N) is 2. The van der Waals surface area contributed by atoms with Crippen LogP contribution in [-0.4, -0.2) is 28.0 Å². The summed E-state index contributed by atoms with van der Waals surface area (Å²) in [5, 5.41) is 0. The summed E-state index contributed by atoms with van der Waals surface area (Å²) in [5.74, 6) is 0. The van der Waals surface area contributed by atoms with Gasteiger partial charge in [0.05, 0.1) is 17.2 Å². The van der Waals surface area contributed by atoms with Gasteiger partial charge in [-0.2, -0.15) is 0 Å². The van der Waals surface area contributed by atoms with Gasteiger partial charge in [0, 0.05) is 4.47 Å². The van der Waals surface area contributed by atoms with E-state index in [1.807, 2.05) is 22.8 Å². The molecule has 1 saturated heterocycles. The Morgan fingerprint density at radius 2 is 2.29 bits per heavy atom. The number of halogens is 1. The highest BCUT2D eigenvalue weighted by Gasteiger charge is 2.25. The number of hydrogen-bond acceptors (Lipinski definition) is 2. The number of likely N-dealkylation sites (tertiary alicyclic amines) is 1. The Labute approximate surface area is 107 Å². The molecule has 1 aromatic carbocycles. The highest BCUT2D eigenvalue weighted by atomic mass is 79.9. The topological polar surface area (TPSA) is 41.0 Å².